The summed E-state index contributed by atoms with van der Waals surface area (Å²) < 4.78 is 0. The normalized spacial score (nSPS) is 24.4. The topological polar surface area (TPSA) is 84.8 Å². The molecule has 0 bridgehead atoms. The molecule has 0 aromatic rings. The molecule has 0 unspecified atom stereocenters. The van der Waals surface area contributed by atoms with Crippen LogP contribution in [0.15, 0.2) is 12.2 Å². The number of carboxylic acids is 1. The fraction of sp³-hybridized carbons (Fsp3) is 0.556. The van der Waals surface area contributed by atoms with Crippen LogP contribution >= 0.6 is 0 Å². The van der Waals surface area contributed by atoms with Crippen LogP contribution in [0, 0.1) is 5.92 Å². The van der Waals surface area contributed by atoms with Gasteiger partial charge in [-0.15, -0.1) is 0 Å². The van der Waals surface area contributed by atoms with Crippen LogP contribution in [0.3, 0.4) is 0 Å². The minimum absolute atomic E-state index is 0.116. The number of rotatable bonds is 3. The van der Waals surface area contributed by atoms with Gasteiger partial charge >= 0.3 is 0 Å². The zero-order valence-electron chi connectivity index (χ0n) is 7.36. The zero-order chi connectivity index (χ0) is 9.84. The molecule has 0 aromatic heterocycles. The summed E-state index contributed by atoms with van der Waals surface area (Å²) in [6.45, 7) is 0. The summed E-state index contributed by atoms with van der Waals surface area (Å²) in [5.41, 5.74) is 3.47. The van der Waals surface area contributed by atoms with Gasteiger partial charge in [-0.2, -0.15) is 0 Å². The van der Waals surface area contributed by atoms with E-state index in [1.165, 1.54) is 6.08 Å². The van der Waals surface area contributed by atoms with E-state index < -0.39 is 12.0 Å². The summed E-state index contributed by atoms with van der Waals surface area (Å²) in [4.78, 5) is 21.2. The molecule has 0 saturated heterocycles. The van der Waals surface area contributed by atoms with E-state index in [0.29, 0.717) is 12.8 Å². The molecule has 4 nitrogen and oxygen atoms in total. The fourth-order valence-corrected chi connectivity index (χ4v) is 1.41. The van der Waals surface area contributed by atoms with Gasteiger partial charge in [0.25, 0.3) is 0 Å². The zero-order valence-corrected chi connectivity index (χ0v) is 7.36. The van der Waals surface area contributed by atoms with Crippen LogP contribution in [0.25, 0.3) is 0 Å². The second kappa shape index (κ2) is 4.18. The molecule has 0 spiro atoms. The Kier molecular flexibility index (Phi) is 3.19. The van der Waals surface area contributed by atoms with Crippen molar-refractivity contribution in [3.63, 3.8) is 0 Å². The summed E-state index contributed by atoms with van der Waals surface area (Å²) in [6.07, 6.45) is 5.00. The molecule has 0 radical (unpaired) electrons. The number of ketones is 1. The van der Waals surface area contributed by atoms with Crippen LogP contribution in [-0.4, -0.2) is 17.8 Å². The Labute approximate surface area is 76.4 Å². The number of carbonyl (C=O) groups is 2. The second-order valence-corrected chi connectivity index (χ2v) is 3.38. The highest BCUT2D eigenvalue weighted by Crippen LogP contribution is 2.18. The first-order chi connectivity index (χ1) is 6.09. The minimum atomic E-state index is -1.12. The van der Waals surface area contributed by atoms with E-state index in [0.717, 1.165) is 6.42 Å². The molecule has 0 aliphatic heterocycles. The first-order valence-electron chi connectivity index (χ1n) is 4.34. The Morgan fingerprint density at radius 2 is 2.46 bits per heavy atom. The van der Waals surface area contributed by atoms with Crippen LogP contribution < -0.4 is 10.8 Å². The lowest BCUT2D eigenvalue weighted by atomic mass is 9.90. The van der Waals surface area contributed by atoms with E-state index in [1.807, 2.05) is 0 Å². The van der Waals surface area contributed by atoms with Gasteiger partial charge in [0.2, 0.25) is 0 Å². The van der Waals surface area contributed by atoms with Gasteiger partial charge in [-0.05, 0) is 18.4 Å². The third-order valence-electron chi connectivity index (χ3n) is 2.24. The maximum atomic E-state index is 10.8. The molecule has 2 atom stereocenters. The van der Waals surface area contributed by atoms with Gasteiger partial charge in [0.1, 0.15) is 6.04 Å². The number of hydrogen-bond acceptors (Lipinski definition) is 3. The van der Waals surface area contributed by atoms with E-state index >= 15 is 0 Å². The molecule has 0 aromatic carbocycles. The Bertz CT molecular complexity index is 247. The minimum Gasteiger partial charge on any atom is -0.544 e. The molecule has 3 N–H and O–H groups in total. The van der Waals surface area contributed by atoms with Crippen molar-refractivity contribution in [2.24, 2.45) is 5.92 Å². The molecule has 0 saturated carbocycles. The Balaban J connectivity index is 2.42. The standard InChI is InChI=1S/C9H13NO3/c10-8(9(12)13)5-6-1-3-7(11)4-2-6/h1,3,6,8H,2,4-5,10H2,(H,12,13)/t6-,8-/m0/s1. The quantitative estimate of drug-likeness (QED) is 0.564. The van der Waals surface area contributed by atoms with Gasteiger partial charge in [-0.3, -0.25) is 4.79 Å². The number of carbonyl (C=O) groups excluding carboxylic acids is 2. The molecule has 72 valence electrons. The summed E-state index contributed by atoms with van der Waals surface area (Å²) in [6, 6.07) is -0.678. The maximum absolute atomic E-state index is 10.8. The van der Waals surface area contributed by atoms with Crippen LogP contribution in [0.2, 0.25) is 0 Å². The van der Waals surface area contributed by atoms with Gasteiger partial charge in [-0.1, -0.05) is 6.08 Å². The number of hydrogen-bond donors (Lipinski definition) is 1. The lowest BCUT2D eigenvalue weighted by Gasteiger charge is -2.18. The van der Waals surface area contributed by atoms with Crippen LogP contribution in [-0.2, 0) is 9.59 Å². The second-order valence-electron chi connectivity index (χ2n) is 3.38. The van der Waals surface area contributed by atoms with E-state index in [4.69, 9.17) is 0 Å². The smallest absolute Gasteiger partial charge is 0.155 e. The molecule has 0 amide bonds. The highest BCUT2D eigenvalue weighted by molar-refractivity contribution is 5.90. The maximum Gasteiger partial charge on any atom is 0.155 e. The Morgan fingerprint density at radius 1 is 1.77 bits per heavy atom. The molecule has 1 rings (SSSR count). The van der Waals surface area contributed by atoms with Gasteiger partial charge in [0, 0.05) is 12.8 Å². The molecule has 4 heteroatoms. The average molecular weight is 183 g/mol. The van der Waals surface area contributed by atoms with Crippen molar-refractivity contribution >= 4 is 11.8 Å². The predicted octanol–water partition coefficient (Wildman–Crippen LogP) is -1.73. The number of aliphatic carboxylic acids is 1. The van der Waals surface area contributed by atoms with Gasteiger partial charge in [-0.25, -0.2) is 0 Å². The summed E-state index contributed by atoms with van der Waals surface area (Å²) in [5.74, 6) is -0.839. The average Bonchev–Trinajstić information content (AvgIpc) is 2.08. The van der Waals surface area contributed by atoms with E-state index in [9.17, 15) is 14.7 Å². The van der Waals surface area contributed by atoms with Gasteiger partial charge in [0.15, 0.2) is 5.78 Å². The predicted molar refractivity (Wildman–Crippen MR) is 43.2 cm³/mol. The van der Waals surface area contributed by atoms with Crippen molar-refractivity contribution in [1.82, 2.24) is 0 Å². The molecule has 1 aliphatic rings. The van der Waals surface area contributed by atoms with E-state index in [-0.39, 0.29) is 11.7 Å². The first kappa shape index (κ1) is 9.92. The summed E-state index contributed by atoms with van der Waals surface area (Å²) in [5, 5.41) is 10.4. The van der Waals surface area contributed by atoms with Crippen molar-refractivity contribution in [1.29, 1.82) is 0 Å². The lowest BCUT2D eigenvalue weighted by Crippen LogP contribution is -2.68. The summed E-state index contributed by atoms with van der Waals surface area (Å²) >= 11 is 0. The van der Waals surface area contributed by atoms with Crippen molar-refractivity contribution in [2.45, 2.75) is 25.3 Å². The van der Waals surface area contributed by atoms with Crippen molar-refractivity contribution < 1.29 is 20.4 Å². The van der Waals surface area contributed by atoms with E-state index in [2.05, 4.69) is 5.73 Å². The van der Waals surface area contributed by atoms with Gasteiger partial charge in [0.05, 0.1) is 5.97 Å². The first-order valence-corrected chi connectivity index (χ1v) is 4.34. The van der Waals surface area contributed by atoms with E-state index in [1.54, 1.807) is 6.08 Å². The highest BCUT2D eigenvalue weighted by Gasteiger charge is 2.18. The number of carboxylic acid groups (broad SMARTS) is 1. The Hall–Kier alpha value is -1.16. The lowest BCUT2D eigenvalue weighted by molar-refractivity contribution is -0.439. The molecule has 13 heavy (non-hydrogen) atoms. The molecule has 0 heterocycles. The largest absolute Gasteiger partial charge is 0.544 e. The molecule has 1 aliphatic carbocycles. The van der Waals surface area contributed by atoms with Crippen molar-refractivity contribution in [2.75, 3.05) is 0 Å². The monoisotopic (exact) mass is 183 g/mol. The molecule has 0 fully saturated rings. The molecular weight excluding hydrogens is 170 g/mol. The van der Waals surface area contributed by atoms with Crippen molar-refractivity contribution in [3.05, 3.63) is 12.2 Å². The van der Waals surface area contributed by atoms with Crippen LogP contribution in [0.1, 0.15) is 19.3 Å². The Morgan fingerprint density at radius 3 is 2.92 bits per heavy atom. The fourth-order valence-electron chi connectivity index (χ4n) is 1.41. The van der Waals surface area contributed by atoms with Gasteiger partial charge < -0.3 is 15.6 Å². The van der Waals surface area contributed by atoms with Crippen molar-refractivity contribution in [3.8, 4) is 0 Å². The highest BCUT2D eigenvalue weighted by atomic mass is 16.4. The number of quaternary nitrogens is 1. The van der Waals surface area contributed by atoms with Crippen LogP contribution in [0.5, 0.6) is 0 Å². The van der Waals surface area contributed by atoms with Crippen LogP contribution in [0.4, 0.5) is 0 Å². The third kappa shape index (κ3) is 2.99. The number of allylic oxidation sites excluding steroid dienone is 2. The summed E-state index contributed by atoms with van der Waals surface area (Å²) in [7, 11) is 0. The SMILES string of the molecule is [NH3+][C@@H](C[C@H]1C=CC(=O)CC1)C(=O)[O-]. The molecular formula is C9H13NO3. The third-order valence-corrected chi connectivity index (χ3v) is 2.24.